The second-order valence-corrected chi connectivity index (χ2v) is 6.97. The summed E-state index contributed by atoms with van der Waals surface area (Å²) in [7, 11) is 0. The Bertz CT molecular complexity index is 716. The molecule has 0 unspecified atom stereocenters. The van der Waals surface area contributed by atoms with Gasteiger partial charge in [0.15, 0.2) is 0 Å². The molecule has 1 atom stereocenters. The predicted octanol–water partition coefficient (Wildman–Crippen LogP) is 4.78. The molecule has 0 saturated carbocycles. The number of carbonyl (C=O) groups excluding carboxylic acids is 1. The van der Waals surface area contributed by atoms with E-state index in [4.69, 9.17) is 4.52 Å². The number of hydrogen-bond acceptors (Lipinski definition) is 3. The van der Waals surface area contributed by atoms with Gasteiger partial charge in [-0.05, 0) is 49.9 Å². The Morgan fingerprint density at radius 3 is 2.58 bits per heavy atom. The standard InChI is InChI=1S/C19H25N3O2/c1-12(2)18-11-16(21-24-18)17-6-5-7-22(17)19(23)20-15-9-13(3)8-14(4)10-15/h8-12,17H,5-7H2,1-4H3,(H,20,23)/t17-/m1/s1. The SMILES string of the molecule is Cc1cc(C)cc(NC(=O)N2CCC[C@@H]2c2cc(C(C)C)on2)c1. The van der Waals surface area contributed by atoms with Crippen LogP contribution in [-0.4, -0.2) is 22.6 Å². The lowest BCUT2D eigenvalue weighted by Crippen LogP contribution is -2.34. The van der Waals surface area contributed by atoms with E-state index in [9.17, 15) is 4.79 Å². The minimum Gasteiger partial charge on any atom is -0.361 e. The summed E-state index contributed by atoms with van der Waals surface area (Å²) in [6, 6.07) is 7.98. The highest BCUT2D eigenvalue weighted by molar-refractivity contribution is 5.90. The monoisotopic (exact) mass is 327 g/mol. The van der Waals surface area contributed by atoms with Crippen LogP contribution >= 0.6 is 0 Å². The smallest absolute Gasteiger partial charge is 0.322 e. The maximum atomic E-state index is 12.7. The van der Waals surface area contributed by atoms with Gasteiger partial charge in [-0.2, -0.15) is 0 Å². The zero-order chi connectivity index (χ0) is 17.3. The van der Waals surface area contributed by atoms with Gasteiger partial charge in [0.1, 0.15) is 11.5 Å². The number of hydrogen-bond donors (Lipinski definition) is 1. The first-order chi connectivity index (χ1) is 11.4. The average molecular weight is 327 g/mol. The topological polar surface area (TPSA) is 58.4 Å². The molecule has 128 valence electrons. The van der Waals surface area contributed by atoms with E-state index in [1.54, 1.807) is 0 Å². The molecule has 0 aliphatic carbocycles. The van der Waals surface area contributed by atoms with Crippen LogP contribution in [0.2, 0.25) is 0 Å². The molecule has 1 aliphatic heterocycles. The fraction of sp³-hybridized carbons (Fsp3) is 0.474. The van der Waals surface area contributed by atoms with Crippen LogP contribution in [0, 0.1) is 13.8 Å². The first kappa shape index (κ1) is 16.6. The first-order valence-electron chi connectivity index (χ1n) is 8.56. The van der Waals surface area contributed by atoms with Crippen LogP contribution in [0.5, 0.6) is 0 Å². The lowest BCUT2D eigenvalue weighted by molar-refractivity contribution is 0.204. The van der Waals surface area contributed by atoms with Gasteiger partial charge in [0.2, 0.25) is 0 Å². The lowest BCUT2D eigenvalue weighted by atomic mass is 10.1. The fourth-order valence-corrected chi connectivity index (χ4v) is 3.29. The minimum absolute atomic E-state index is 0.00726. The normalized spacial score (nSPS) is 17.5. The molecule has 2 aromatic rings. The summed E-state index contributed by atoms with van der Waals surface area (Å²) in [6.45, 7) is 8.95. The van der Waals surface area contributed by atoms with Crippen LogP contribution < -0.4 is 5.32 Å². The minimum atomic E-state index is -0.0726. The molecule has 1 saturated heterocycles. The van der Waals surface area contributed by atoms with Crippen LogP contribution in [-0.2, 0) is 0 Å². The molecule has 1 N–H and O–H groups in total. The summed E-state index contributed by atoms with van der Waals surface area (Å²) in [5.74, 6) is 1.16. The van der Waals surface area contributed by atoms with Crippen LogP contribution in [0.15, 0.2) is 28.8 Å². The Kier molecular flexibility index (Phi) is 4.60. The van der Waals surface area contributed by atoms with Crippen molar-refractivity contribution in [3.63, 3.8) is 0 Å². The van der Waals surface area contributed by atoms with Crippen LogP contribution in [0.3, 0.4) is 0 Å². The molecule has 1 aliphatic rings. The number of amides is 2. The molecule has 24 heavy (non-hydrogen) atoms. The summed E-state index contributed by atoms with van der Waals surface area (Å²) < 4.78 is 5.41. The molecule has 5 heteroatoms. The number of likely N-dealkylation sites (tertiary alicyclic amines) is 1. The molecule has 2 heterocycles. The number of benzene rings is 1. The van der Waals surface area contributed by atoms with Crippen LogP contribution in [0.25, 0.3) is 0 Å². The molecule has 1 fully saturated rings. The van der Waals surface area contributed by atoms with E-state index >= 15 is 0 Å². The Labute approximate surface area is 143 Å². The van der Waals surface area contributed by atoms with Crippen molar-refractivity contribution in [2.24, 2.45) is 0 Å². The molecule has 2 amide bonds. The zero-order valence-electron chi connectivity index (χ0n) is 14.8. The summed E-state index contributed by atoms with van der Waals surface area (Å²) in [5, 5.41) is 7.21. The summed E-state index contributed by atoms with van der Waals surface area (Å²) in [5.41, 5.74) is 3.97. The summed E-state index contributed by atoms with van der Waals surface area (Å²) in [6.07, 6.45) is 1.90. The molecule has 0 bridgehead atoms. The third-order valence-corrected chi connectivity index (χ3v) is 4.44. The van der Waals surface area contributed by atoms with E-state index in [-0.39, 0.29) is 12.1 Å². The predicted molar refractivity (Wildman–Crippen MR) is 94.2 cm³/mol. The van der Waals surface area contributed by atoms with Gasteiger partial charge in [-0.15, -0.1) is 0 Å². The number of nitrogens with zero attached hydrogens (tertiary/aromatic N) is 2. The largest absolute Gasteiger partial charge is 0.361 e. The molecule has 1 aromatic carbocycles. The van der Waals surface area contributed by atoms with Crippen molar-refractivity contribution in [2.45, 2.75) is 52.5 Å². The van der Waals surface area contributed by atoms with Crippen molar-refractivity contribution >= 4 is 11.7 Å². The second kappa shape index (κ2) is 6.67. The highest BCUT2D eigenvalue weighted by Gasteiger charge is 2.32. The highest BCUT2D eigenvalue weighted by Crippen LogP contribution is 2.33. The Hall–Kier alpha value is -2.30. The summed E-state index contributed by atoms with van der Waals surface area (Å²) in [4.78, 5) is 14.6. The highest BCUT2D eigenvalue weighted by atomic mass is 16.5. The van der Waals surface area contributed by atoms with E-state index < -0.39 is 0 Å². The van der Waals surface area contributed by atoms with Crippen molar-refractivity contribution < 1.29 is 9.32 Å². The maximum absolute atomic E-state index is 12.7. The van der Waals surface area contributed by atoms with Crippen molar-refractivity contribution in [1.82, 2.24) is 10.1 Å². The van der Waals surface area contributed by atoms with Gasteiger partial charge in [0, 0.05) is 24.2 Å². The molecular weight excluding hydrogens is 302 g/mol. The van der Waals surface area contributed by atoms with Crippen molar-refractivity contribution in [1.29, 1.82) is 0 Å². The lowest BCUT2D eigenvalue weighted by Gasteiger charge is -2.23. The Morgan fingerprint density at radius 1 is 1.25 bits per heavy atom. The molecule has 3 rings (SSSR count). The number of aryl methyl sites for hydroxylation is 2. The first-order valence-corrected chi connectivity index (χ1v) is 8.56. The van der Waals surface area contributed by atoms with E-state index in [0.29, 0.717) is 5.92 Å². The third-order valence-electron chi connectivity index (χ3n) is 4.44. The van der Waals surface area contributed by atoms with Gasteiger partial charge in [0.25, 0.3) is 0 Å². The van der Waals surface area contributed by atoms with Crippen molar-refractivity contribution in [3.05, 3.63) is 46.8 Å². The van der Waals surface area contributed by atoms with E-state index in [0.717, 1.165) is 47.7 Å². The number of aromatic nitrogens is 1. The number of urea groups is 1. The molecule has 1 aromatic heterocycles. The summed E-state index contributed by atoms with van der Waals surface area (Å²) >= 11 is 0. The van der Waals surface area contributed by atoms with Crippen molar-refractivity contribution in [3.8, 4) is 0 Å². The third kappa shape index (κ3) is 3.45. The second-order valence-electron chi connectivity index (χ2n) is 6.97. The number of anilines is 1. The number of rotatable bonds is 3. The van der Waals surface area contributed by atoms with Crippen LogP contribution in [0.4, 0.5) is 10.5 Å². The number of nitrogens with one attached hydrogen (secondary N) is 1. The molecule has 0 radical (unpaired) electrons. The van der Waals surface area contributed by atoms with Gasteiger partial charge < -0.3 is 14.7 Å². The van der Waals surface area contributed by atoms with Gasteiger partial charge in [-0.3, -0.25) is 0 Å². The maximum Gasteiger partial charge on any atom is 0.322 e. The Morgan fingerprint density at radius 2 is 1.96 bits per heavy atom. The van der Waals surface area contributed by atoms with Gasteiger partial charge in [0.05, 0.1) is 6.04 Å². The quantitative estimate of drug-likeness (QED) is 0.882. The van der Waals surface area contributed by atoms with Crippen LogP contribution in [0.1, 0.15) is 61.2 Å². The molecule has 0 spiro atoms. The van der Waals surface area contributed by atoms with Gasteiger partial charge in [-0.1, -0.05) is 25.1 Å². The van der Waals surface area contributed by atoms with E-state index in [1.807, 2.05) is 36.9 Å². The van der Waals surface area contributed by atoms with E-state index in [2.05, 4.69) is 30.4 Å². The zero-order valence-corrected chi connectivity index (χ0v) is 14.8. The van der Waals surface area contributed by atoms with Crippen molar-refractivity contribution in [2.75, 3.05) is 11.9 Å². The van der Waals surface area contributed by atoms with Gasteiger partial charge in [-0.25, -0.2) is 4.79 Å². The van der Waals surface area contributed by atoms with Gasteiger partial charge >= 0.3 is 6.03 Å². The molecule has 5 nitrogen and oxygen atoms in total. The fourth-order valence-electron chi connectivity index (χ4n) is 3.29. The van der Waals surface area contributed by atoms with E-state index in [1.165, 1.54) is 0 Å². The Balaban J connectivity index is 1.75. The molecular formula is C19H25N3O2. The number of carbonyl (C=O) groups is 1. The average Bonchev–Trinajstić information content (AvgIpc) is 3.15.